The van der Waals surface area contributed by atoms with E-state index >= 15 is 0 Å². The lowest BCUT2D eigenvalue weighted by Crippen LogP contribution is -2.22. The van der Waals surface area contributed by atoms with Crippen molar-refractivity contribution in [3.63, 3.8) is 0 Å². The van der Waals surface area contributed by atoms with Gasteiger partial charge in [0, 0.05) is 18.4 Å². The molecular weight excluding hydrogens is 452 g/mol. The fraction of sp³-hybridized carbons (Fsp3) is 0.160. The zero-order valence-electron chi connectivity index (χ0n) is 18.9. The molecule has 8 nitrogen and oxygen atoms in total. The summed E-state index contributed by atoms with van der Waals surface area (Å²) in [7, 11) is 0. The average Bonchev–Trinajstić information content (AvgIpc) is 3.16. The van der Waals surface area contributed by atoms with E-state index in [1.807, 2.05) is 49.4 Å². The zero-order chi connectivity index (χ0) is 24.4. The van der Waals surface area contributed by atoms with E-state index in [0.717, 1.165) is 28.8 Å². The molecule has 0 unspecified atom stereocenters. The van der Waals surface area contributed by atoms with Gasteiger partial charge in [-0.15, -0.1) is 5.10 Å². The van der Waals surface area contributed by atoms with Crippen LogP contribution in [0, 0.1) is 6.92 Å². The van der Waals surface area contributed by atoms with E-state index in [9.17, 15) is 9.59 Å². The first-order chi connectivity index (χ1) is 16.3. The Morgan fingerprint density at radius 1 is 1.21 bits per heavy atom. The van der Waals surface area contributed by atoms with E-state index in [4.69, 9.17) is 23.1 Å². The van der Waals surface area contributed by atoms with Crippen LogP contribution in [0.1, 0.15) is 28.5 Å². The second kappa shape index (κ2) is 9.44. The molecule has 1 aliphatic rings. The maximum absolute atomic E-state index is 13.0. The zero-order valence-corrected chi connectivity index (χ0v) is 19.6. The maximum Gasteiger partial charge on any atom is 0.264 e. The second-order valence-corrected chi connectivity index (χ2v) is 8.21. The highest BCUT2D eigenvalue weighted by atomic mass is 35.5. The monoisotopic (exact) mass is 476 g/mol. The second-order valence-electron chi connectivity index (χ2n) is 7.80. The molecule has 5 N–H and O–H groups in total. The fourth-order valence-corrected chi connectivity index (χ4v) is 4.25. The average molecular weight is 477 g/mol. The molecule has 1 aliphatic heterocycles. The van der Waals surface area contributed by atoms with Crippen LogP contribution in [0.2, 0.25) is 5.02 Å². The van der Waals surface area contributed by atoms with Crippen molar-refractivity contribution in [2.45, 2.75) is 20.3 Å². The van der Waals surface area contributed by atoms with Crippen molar-refractivity contribution in [3.8, 4) is 5.69 Å². The van der Waals surface area contributed by atoms with Crippen molar-refractivity contribution >= 4 is 46.1 Å². The number of nitrogens with one attached hydrogen (secondary N) is 1. The molecule has 0 bridgehead atoms. The Labute approximate surface area is 201 Å². The number of nitrogen functional groups attached to an aromatic ring is 1. The van der Waals surface area contributed by atoms with E-state index in [-0.39, 0.29) is 16.9 Å². The van der Waals surface area contributed by atoms with Crippen molar-refractivity contribution < 1.29 is 4.79 Å². The third-order valence-corrected chi connectivity index (χ3v) is 5.92. The number of aromatic nitrogens is 3. The number of carbonyl (C=O) groups is 1. The number of aryl methyl sites for hydroxylation is 2. The Bertz CT molecular complexity index is 1490. The summed E-state index contributed by atoms with van der Waals surface area (Å²) < 4.78 is 3.28. The number of nitrogens with two attached hydrogens (primary N) is 2. The minimum atomic E-state index is -0.568. The standard InChI is InChI=1S/C18H16ClNO.C7H9N5O/c1-3-14-11-13-8-6-9-15(19)17(13)18(21)20(14)16-10-5-4-7-12(16)2;8-5-4(6(9)13)7-10-2-1-3-12(7)11-5/h4-11H,3H2,1-2H3;1,3,10H,2H2,(H2,8,11)(H2,9,13). The normalized spacial score (nSPS) is 12.0. The molecule has 3 heterocycles. The molecule has 0 radical (unpaired) electrons. The van der Waals surface area contributed by atoms with Crippen LogP contribution in [0.15, 0.2) is 59.4 Å². The molecule has 174 valence electrons. The van der Waals surface area contributed by atoms with Gasteiger partial charge in [-0.3, -0.25) is 14.2 Å². The SMILES string of the molecule is CCc1cc2cccc(Cl)c2c(=O)n1-c1ccccc1C.NC(=O)c1c(N)nn2c1NCC=C2. The lowest BCUT2D eigenvalue weighted by atomic mass is 10.1. The summed E-state index contributed by atoms with van der Waals surface area (Å²) in [6, 6.07) is 15.5. The van der Waals surface area contributed by atoms with Crippen LogP contribution in [0.25, 0.3) is 22.7 Å². The van der Waals surface area contributed by atoms with Gasteiger partial charge in [0.25, 0.3) is 11.5 Å². The number of amides is 1. The molecule has 2 aromatic carbocycles. The highest BCUT2D eigenvalue weighted by molar-refractivity contribution is 6.35. The third-order valence-electron chi connectivity index (χ3n) is 5.61. The van der Waals surface area contributed by atoms with E-state index in [2.05, 4.69) is 23.4 Å². The number of benzene rings is 2. The number of nitrogens with zero attached hydrogens (tertiary/aromatic N) is 3. The van der Waals surface area contributed by atoms with E-state index in [0.29, 0.717) is 22.8 Å². The summed E-state index contributed by atoms with van der Waals surface area (Å²) in [5.41, 5.74) is 13.8. The van der Waals surface area contributed by atoms with Crippen LogP contribution in [-0.2, 0) is 6.42 Å². The number of halogens is 1. The lowest BCUT2D eigenvalue weighted by Gasteiger charge is -2.16. The van der Waals surface area contributed by atoms with Crippen molar-refractivity contribution in [2.24, 2.45) is 5.73 Å². The first kappa shape index (κ1) is 23.1. The van der Waals surface area contributed by atoms with Crippen LogP contribution < -0.4 is 22.3 Å². The molecule has 0 fully saturated rings. The predicted molar refractivity (Wildman–Crippen MR) is 138 cm³/mol. The maximum atomic E-state index is 13.0. The van der Waals surface area contributed by atoms with Crippen molar-refractivity contribution in [3.05, 3.63) is 86.8 Å². The number of para-hydroxylation sites is 1. The summed E-state index contributed by atoms with van der Waals surface area (Å²) in [5, 5.41) is 8.87. The molecule has 5 rings (SSSR count). The summed E-state index contributed by atoms with van der Waals surface area (Å²) in [4.78, 5) is 23.9. The van der Waals surface area contributed by atoms with Gasteiger partial charge in [0.15, 0.2) is 5.82 Å². The number of rotatable bonds is 3. The Morgan fingerprint density at radius 2 is 1.97 bits per heavy atom. The van der Waals surface area contributed by atoms with E-state index < -0.39 is 5.91 Å². The number of hydrogen-bond donors (Lipinski definition) is 3. The summed E-state index contributed by atoms with van der Waals surface area (Å²) >= 11 is 6.24. The molecule has 0 saturated carbocycles. The minimum absolute atomic E-state index is 0.0516. The molecule has 0 atom stereocenters. The van der Waals surface area contributed by atoms with Crippen molar-refractivity contribution in [2.75, 3.05) is 17.6 Å². The van der Waals surface area contributed by atoms with Crippen LogP contribution >= 0.6 is 11.6 Å². The quantitative estimate of drug-likeness (QED) is 0.413. The Kier molecular flexibility index (Phi) is 6.43. The van der Waals surface area contributed by atoms with Gasteiger partial charge in [-0.1, -0.05) is 48.9 Å². The first-order valence-electron chi connectivity index (χ1n) is 10.8. The van der Waals surface area contributed by atoms with Gasteiger partial charge < -0.3 is 16.8 Å². The number of anilines is 2. The molecule has 9 heteroatoms. The Hall–Kier alpha value is -4.04. The smallest absolute Gasteiger partial charge is 0.264 e. The van der Waals surface area contributed by atoms with E-state index in [1.165, 1.54) is 4.68 Å². The number of hydrogen-bond acceptors (Lipinski definition) is 5. The van der Waals surface area contributed by atoms with Gasteiger partial charge >= 0.3 is 0 Å². The van der Waals surface area contributed by atoms with Crippen molar-refractivity contribution in [1.29, 1.82) is 0 Å². The molecule has 0 spiro atoms. The topological polar surface area (TPSA) is 121 Å². The minimum Gasteiger partial charge on any atom is -0.381 e. The fourth-order valence-electron chi connectivity index (χ4n) is 3.99. The molecule has 0 saturated heterocycles. The number of carbonyl (C=O) groups excluding carboxylic acids is 1. The Morgan fingerprint density at radius 3 is 2.68 bits per heavy atom. The van der Waals surface area contributed by atoms with Crippen LogP contribution in [0.5, 0.6) is 0 Å². The lowest BCUT2D eigenvalue weighted by molar-refractivity contribution is 0.100. The largest absolute Gasteiger partial charge is 0.381 e. The Balaban J connectivity index is 0.000000180. The molecule has 0 aliphatic carbocycles. The summed E-state index contributed by atoms with van der Waals surface area (Å²) in [6.45, 7) is 4.71. The predicted octanol–water partition coefficient (Wildman–Crippen LogP) is 3.98. The first-order valence-corrected chi connectivity index (χ1v) is 11.2. The summed E-state index contributed by atoms with van der Waals surface area (Å²) in [5.74, 6) is 0.149. The third kappa shape index (κ3) is 4.15. The molecule has 4 aromatic rings. The molecule has 1 amide bonds. The van der Waals surface area contributed by atoms with Gasteiger partial charge in [-0.25, -0.2) is 4.68 Å². The molecule has 2 aromatic heterocycles. The number of primary amides is 1. The highest BCUT2D eigenvalue weighted by Crippen LogP contribution is 2.24. The number of fused-ring (bicyclic) bond motifs is 2. The highest BCUT2D eigenvalue weighted by Gasteiger charge is 2.20. The molecule has 34 heavy (non-hydrogen) atoms. The van der Waals surface area contributed by atoms with E-state index in [1.54, 1.807) is 16.8 Å². The van der Waals surface area contributed by atoms with Gasteiger partial charge in [0.1, 0.15) is 11.4 Å². The van der Waals surface area contributed by atoms with Gasteiger partial charge in [-0.2, -0.15) is 0 Å². The molecular formula is C25H25ClN6O2. The van der Waals surface area contributed by atoms with Crippen LogP contribution in [-0.4, -0.2) is 26.8 Å². The van der Waals surface area contributed by atoms with Crippen LogP contribution in [0.3, 0.4) is 0 Å². The van der Waals surface area contributed by atoms with Crippen molar-refractivity contribution in [1.82, 2.24) is 14.3 Å². The van der Waals surface area contributed by atoms with Gasteiger partial charge in [-0.05, 0) is 48.6 Å². The van der Waals surface area contributed by atoms with Gasteiger partial charge in [0.05, 0.1) is 16.1 Å². The summed E-state index contributed by atoms with van der Waals surface area (Å²) in [6.07, 6.45) is 4.38. The van der Waals surface area contributed by atoms with Gasteiger partial charge in [0.2, 0.25) is 0 Å². The number of pyridine rings is 1. The van der Waals surface area contributed by atoms with Crippen LogP contribution in [0.4, 0.5) is 11.6 Å².